The Kier molecular flexibility index (Phi) is 5.44. The molecule has 1 unspecified atom stereocenters. The van der Waals surface area contributed by atoms with Crippen LogP contribution in [-0.2, 0) is 4.74 Å². The second-order valence-corrected chi connectivity index (χ2v) is 5.45. The zero-order valence-electron chi connectivity index (χ0n) is 10.2. The van der Waals surface area contributed by atoms with Crippen LogP contribution in [-0.4, -0.2) is 54.7 Å². The number of halogens is 1. The van der Waals surface area contributed by atoms with Crippen LogP contribution in [0.3, 0.4) is 0 Å². The standard InChI is InChI=1S/C13H18FNO2S/c14-11-1-3-13(4-2-11)18-8-6-15-5-7-17-12(9-15)10-16/h1-4,12,16H,5-10H2. The fraction of sp³-hybridized carbons (Fsp3) is 0.538. The van der Waals surface area contributed by atoms with Crippen molar-refractivity contribution in [2.75, 3.05) is 38.6 Å². The fourth-order valence-corrected chi connectivity index (χ4v) is 2.83. The molecule has 100 valence electrons. The van der Waals surface area contributed by atoms with Crippen molar-refractivity contribution in [2.24, 2.45) is 0 Å². The first-order chi connectivity index (χ1) is 8.78. The Hall–Kier alpha value is -0.620. The normalized spacial score (nSPS) is 21.1. The minimum Gasteiger partial charge on any atom is -0.394 e. The second-order valence-electron chi connectivity index (χ2n) is 4.28. The molecule has 1 N–H and O–H groups in total. The fourth-order valence-electron chi connectivity index (χ4n) is 1.92. The molecule has 1 aromatic rings. The highest BCUT2D eigenvalue weighted by atomic mass is 32.2. The van der Waals surface area contributed by atoms with Crippen LogP contribution >= 0.6 is 11.8 Å². The summed E-state index contributed by atoms with van der Waals surface area (Å²) in [4.78, 5) is 3.38. The Labute approximate surface area is 111 Å². The zero-order valence-corrected chi connectivity index (χ0v) is 11.0. The van der Waals surface area contributed by atoms with Gasteiger partial charge in [0.05, 0.1) is 19.3 Å². The number of aliphatic hydroxyl groups is 1. The summed E-state index contributed by atoms with van der Waals surface area (Å²) < 4.78 is 18.1. The average Bonchev–Trinajstić information content (AvgIpc) is 2.41. The average molecular weight is 271 g/mol. The predicted octanol–water partition coefficient (Wildman–Crippen LogP) is 1.61. The van der Waals surface area contributed by atoms with Crippen LogP contribution in [0.5, 0.6) is 0 Å². The lowest BCUT2D eigenvalue weighted by Gasteiger charge is -2.31. The lowest BCUT2D eigenvalue weighted by atomic mass is 10.3. The zero-order chi connectivity index (χ0) is 12.8. The summed E-state index contributed by atoms with van der Waals surface area (Å²) in [6.07, 6.45) is -0.0467. The number of ether oxygens (including phenoxy) is 1. The molecule has 1 atom stereocenters. The Balaban J connectivity index is 1.70. The van der Waals surface area contributed by atoms with Crippen LogP contribution in [0, 0.1) is 5.82 Å². The van der Waals surface area contributed by atoms with Gasteiger partial charge in [0, 0.05) is 30.3 Å². The Bertz CT molecular complexity index is 361. The molecule has 3 nitrogen and oxygen atoms in total. The number of nitrogens with zero attached hydrogens (tertiary/aromatic N) is 1. The summed E-state index contributed by atoms with van der Waals surface area (Å²) in [7, 11) is 0. The van der Waals surface area contributed by atoms with Gasteiger partial charge in [-0.05, 0) is 24.3 Å². The monoisotopic (exact) mass is 271 g/mol. The van der Waals surface area contributed by atoms with Crippen molar-refractivity contribution in [2.45, 2.75) is 11.0 Å². The summed E-state index contributed by atoms with van der Waals surface area (Å²) in [6.45, 7) is 3.44. The van der Waals surface area contributed by atoms with E-state index in [1.165, 1.54) is 12.1 Å². The van der Waals surface area contributed by atoms with Gasteiger partial charge in [0.1, 0.15) is 5.82 Å². The van der Waals surface area contributed by atoms with Crippen molar-refractivity contribution >= 4 is 11.8 Å². The van der Waals surface area contributed by atoms with E-state index < -0.39 is 0 Å². The Morgan fingerprint density at radius 1 is 1.39 bits per heavy atom. The first kappa shape index (κ1) is 13.8. The molecule has 0 bridgehead atoms. The third-order valence-electron chi connectivity index (χ3n) is 2.92. The van der Waals surface area contributed by atoms with Gasteiger partial charge in [0.25, 0.3) is 0 Å². The number of morpholine rings is 1. The van der Waals surface area contributed by atoms with E-state index in [-0.39, 0.29) is 18.5 Å². The van der Waals surface area contributed by atoms with Crippen molar-refractivity contribution < 1.29 is 14.2 Å². The van der Waals surface area contributed by atoms with Gasteiger partial charge in [-0.1, -0.05) is 0 Å². The number of rotatable bonds is 5. The molecule has 0 spiro atoms. The maximum absolute atomic E-state index is 12.7. The summed E-state index contributed by atoms with van der Waals surface area (Å²) in [5.74, 6) is 0.766. The molecule has 2 rings (SSSR count). The molecule has 1 saturated heterocycles. The van der Waals surface area contributed by atoms with E-state index in [1.54, 1.807) is 23.9 Å². The van der Waals surface area contributed by atoms with Crippen molar-refractivity contribution in [1.29, 1.82) is 0 Å². The SMILES string of the molecule is OCC1CN(CCSc2ccc(F)cc2)CCO1. The predicted molar refractivity (Wildman–Crippen MR) is 70.4 cm³/mol. The highest BCUT2D eigenvalue weighted by molar-refractivity contribution is 7.99. The van der Waals surface area contributed by atoms with E-state index in [2.05, 4.69) is 4.90 Å². The van der Waals surface area contributed by atoms with Crippen LogP contribution in [0.1, 0.15) is 0 Å². The molecule has 0 amide bonds. The van der Waals surface area contributed by atoms with Crippen molar-refractivity contribution in [3.05, 3.63) is 30.1 Å². The van der Waals surface area contributed by atoms with Crippen LogP contribution in [0.4, 0.5) is 4.39 Å². The van der Waals surface area contributed by atoms with Crippen LogP contribution in [0.15, 0.2) is 29.2 Å². The molecule has 1 heterocycles. The molecule has 0 aliphatic carbocycles. The van der Waals surface area contributed by atoms with E-state index in [4.69, 9.17) is 9.84 Å². The van der Waals surface area contributed by atoms with Gasteiger partial charge in [-0.15, -0.1) is 11.8 Å². The molecule has 0 saturated carbocycles. The maximum Gasteiger partial charge on any atom is 0.123 e. The largest absolute Gasteiger partial charge is 0.394 e. The van der Waals surface area contributed by atoms with E-state index in [9.17, 15) is 4.39 Å². The van der Waals surface area contributed by atoms with Gasteiger partial charge in [-0.2, -0.15) is 0 Å². The van der Waals surface area contributed by atoms with Crippen LogP contribution in [0.2, 0.25) is 0 Å². The molecule has 1 aromatic carbocycles. The maximum atomic E-state index is 12.7. The number of hydrogen-bond acceptors (Lipinski definition) is 4. The number of hydrogen-bond donors (Lipinski definition) is 1. The van der Waals surface area contributed by atoms with Crippen molar-refractivity contribution in [1.82, 2.24) is 4.90 Å². The quantitative estimate of drug-likeness (QED) is 0.825. The highest BCUT2D eigenvalue weighted by Gasteiger charge is 2.18. The lowest BCUT2D eigenvalue weighted by Crippen LogP contribution is -2.44. The van der Waals surface area contributed by atoms with Crippen LogP contribution in [0.25, 0.3) is 0 Å². The summed E-state index contributed by atoms with van der Waals surface area (Å²) >= 11 is 1.72. The number of aliphatic hydroxyl groups excluding tert-OH is 1. The van der Waals surface area contributed by atoms with E-state index >= 15 is 0 Å². The van der Waals surface area contributed by atoms with E-state index in [1.807, 2.05) is 0 Å². The molecule has 5 heteroatoms. The van der Waals surface area contributed by atoms with Crippen molar-refractivity contribution in [3.63, 3.8) is 0 Å². The summed E-state index contributed by atoms with van der Waals surface area (Å²) in [5, 5.41) is 9.05. The van der Waals surface area contributed by atoms with Gasteiger partial charge in [-0.3, -0.25) is 4.90 Å². The number of benzene rings is 1. The number of thioether (sulfide) groups is 1. The third kappa shape index (κ3) is 4.24. The second kappa shape index (κ2) is 7.09. The van der Waals surface area contributed by atoms with Gasteiger partial charge >= 0.3 is 0 Å². The molecule has 1 aliphatic rings. The molecule has 0 radical (unpaired) electrons. The minimum absolute atomic E-state index is 0.0467. The molecular weight excluding hydrogens is 253 g/mol. The smallest absolute Gasteiger partial charge is 0.123 e. The molecular formula is C13H18FNO2S. The topological polar surface area (TPSA) is 32.7 Å². The first-order valence-corrected chi connectivity index (χ1v) is 7.09. The van der Waals surface area contributed by atoms with Crippen LogP contribution < -0.4 is 0 Å². The molecule has 0 aromatic heterocycles. The Morgan fingerprint density at radius 2 is 2.17 bits per heavy atom. The molecule has 1 fully saturated rings. The highest BCUT2D eigenvalue weighted by Crippen LogP contribution is 2.18. The molecule has 18 heavy (non-hydrogen) atoms. The van der Waals surface area contributed by atoms with Gasteiger partial charge in [0.2, 0.25) is 0 Å². The van der Waals surface area contributed by atoms with Gasteiger partial charge in [0.15, 0.2) is 0 Å². The first-order valence-electron chi connectivity index (χ1n) is 6.11. The molecule has 1 aliphatic heterocycles. The van der Waals surface area contributed by atoms with Gasteiger partial charge < -0.3 is 9.84 Å². The van der Waals surface area contributed by atoms with E-state index in [0.717, 1.165) is 30.3 Å². The van der Waals surface area contributed by atoms with Gasteiger partial charge in [-0.25, -0.2) is 4.39 Å². The lowest BCUT2D eigenvalue weighted by molar-refractivity contribution is -0.0509. The van der Waals surface area contributed by atoms with Crippen molar-refractivity contribution in [3.8, 4) is 0 Å². The summed E-state index contributed by atoms with van der Waals surface area (Å²) in [6, 6.07) is 6.57. The van der Waals surface area contributed by atoms with E-state index in [0.29, 0.717) is 6.61 Å². The minimum atomic E-state index is -0.196. The Morgan fingerprint density at radius 3 is 2.89 bits per heavy atom. The third-order valence-corrected chi connectivity index (χ3v) is 3.91. The summed E-state index contributed by atoms with van der Waals surface area (Å²) in [5.41, 5.74) is 0.